The number of hydrogen-bond donors (Lipinski definition) is 0. The van der Waals surface area contributed by atoms with E-state index in [9.17, 15) is 0 Å². The Morgan fingerprint density at radius 2 is 1.40 bits per heavy atom. The zero-order chi connectivity index (χ0) is 28.9. The van der Waals surface area contributed by atoms with E-state index in [0.717, 1.165) is 11.4 Å². The summed E-state index contributed by atoms with van der Waals surface area (Å²) in [5.74, 6) is 0. The molecule has 3 heteroatoms. The van der Waals surface area contributed by atoms with Gasteiger partial charge in [-0.25, -0.2) is 0 Å². The van der Waals surface area contributed by atoms with Crippen LogP contribution in [0.5, 0.6) is 0 Å². The molecule has 3 nitrogen and oxygen atoms in total. The molecule has 0 radical (unpaired) electrons. The van der Waals surface area contributed by atoms with E-state index in [1.807, 2.05) is 13.1 Å². The zero-order valence-corrected chi connectivity index (χ0v) is 24.3. The second-order valence-corrected chi connectivity index (χ2v) is 11.5. The van der Waals surface area contributed by atoms with Crippen LogP contribution >= 0.6 is 0 Å². The van der Waals surface area contributed by atoms with E-state index < -0.39 is 0 Å². The van der Waals surface area contributed by atoms with E-state index in [0.29, 0.717) is 0 Å². The van der Waals surface area contributed by atoms with Crippen molar-refractivity contribution in [3.8, 4) is 16.8 Å². The molecule has 1 aliphatic rings. The molecular weight excluding hydrogens is 522 g/mol. The lowest BCUT2D eigenvalue weighted by Gasteiger charge is -2.29. The number of allylic oxidation sites excluding steroid dienone is 2. The van der Waals surface area contributed by atoms with Crippen molar-refractivity contribution < 1.29 is 0 Å². The van der Waals surface area contributed by atoms with Gasteiger partial charge in [-0.1, -0.05) is 97.1 Å². The van der Waals surface area contributed by atoms with Gasteiger partial charge in [0.05, 0.1) is 17.1 Å². The van der Waals surface area contributed by atoms with E-state index in [-0.39, 0.29) is 6.04 Å². The molecule has 0 saturated heterocycles. The van der Waals surface area contributed by atoms with Gasteiger partial charge in [0.25, 0.3) is 0 Å². The highest BCUT2D eigenvalue weighted by molar-refractivity contribution is 6.19. The lowest BCUT2D eigenvalue weighted by Crippen LogP contribution is -2.20. The van der Waals surface area contributed by atoms with Crippen LogP contribution in [0.15, 0.2) is 146 Å². The van der Waals surface area contributed by atoms with Gasteiger partial charge in [0.1, 0.15) is 0 Å². The molecule has 5 aromatic carbocycles. The molecule has 7 aromatic rings. The van der Waals surface area contributed by atoms with Crippen LogP contribution in [0.2, 0.25) is 0 Å². The fourth-order valence-corrected chi connectivity index (χ4v) is 6.61. The standard InChI is InChI=1S/C40H31N3/c1-27-23-32(21-22-41-27)38-20-16-33(26-42(38)2)30-14-18-36-37-19-15-31-24-29(28-9-5-3-6-10-28)13-17-35(31)40(37)43(39(36)25-30)34-11-7-4-8-12-34/h3-26,38H,1-2H3. The Morgan fingerprint density at radius 1 is 0.651 bits per heavy atom. The summed E-state index contributed by atoms with van der Waals surface area (Å²) < 4.78 is 2.44. The third kappa shape index (κ3) is 4.33. The molecule has 3 heterocycles. The lowest BCUT2D eigenvalue weighted by atomic mass is 9.97. The number of para-hydroxylation sites is 1. The Bertz CT molecular complexity index is 2200. The quantitative estimate of drug-likeness (QED) is 0.216. The molecule has 0 bridgehead atoms. The van der Waals surface area contributed by atoms with Crippen LogP contribution in [0.25, 0.3) is 55.0 Å². The second-order valence-electron chi connectivity index (χ2n) is 11.5. The third-order valence-corrected chi connectivity index (χ3v) is 8.70. The summed E-state index contributed by atoms with van der Waals surface area (Å²) in [5, 5.41) is 5.02. The number of rotatable bonds is 4. The molecule has 0 amide bonds. The summed E-state index contributed by atoms with van der Waals surface area (Å²) in [6.07, 6.45) is 8.71. The molecule has 1 atom stereocenters. The van der Waals surface area contributed by atoms with Crippen LogP contribution in [0, 0.1) is 6.92 Å². The number of likely N-dealkylation sites (N-methyl/N-ethyl adjacent to an activating group) is 1. The van der Waals surface area contributed by atoms with Crippen molar-refractivity contribution in [2.24, 2.45) is 0 Å². The maximum Gasteiger partial charge on any atom is 0.0722 e. The van der Waals surface area contributed by atoms with Gasteiger partial charge in [0.2, 0.25) is 0 Å². The Labute approximate surface area is 251 Å². The number of hydrogen-bond acceptors (Lipinski definition) is 2. The molecule has 0 fully saturated rings. The van der Waals surface area contributed by atoms with Crippen LogP contribution in [-0.2, 0) is 0 Å². The van der Waals surface area contributed by atoms with E-state index in [2.05, 4.69) is 161 Å². The van der Waals surface area contributed by atoms with Crippen molar-refractivity contribution in [2.75, 3.05) is 7.05 Å². The number of pyridine rings is 1. The largest absolute Gasteiger partial charge is 0.369 e. The monoisotopic (exact) mass is 553 g/mol. The van der Waals surface area contributed by atoms with Crippen molar-refractivity contribution in [3.05, 3.63) is 163 Å². The van der Waals surface area contributed by atoms with E-state index in [1.165, 1.54) is 60.4 Å². The number of aryl methyl sites for hydroxylation is 1. The molecule has 0 spiro atoms. The summed E-state index contributed by atoms with van der Waals surface area (Å²) >= 11 is 0. The van der Waals surface area contributed by atoms with Crippen molar-refractivity contribution in [1.29, 1.82) is 0 Å². The highest BCUT2D eigenvalue weighted by atomic mass is 15.1. The van der Waals surface area contributed by atoms with Crippen molar-refractivity contribution >= 4 is 38.2 Å². The normalized spacial score (nSPS) is 15.0. The number of nitrogens with zero attached hydrogens (tertiary/aromatic N) is 3. The highest BCUT2D eigenvalue weighted by Crippen LogP contribution is 2.39. The summed E-state index contributed by atoms with van der Waals surface area (Å²) in [7, 11) is 2.15. The summed E-state index contributed by atoms with van der Waals surface area (Å²) in [4.78, 5) is 6.67. The first kappa shape index (κ1) is 25.3. The molecule has 8 rings (SSSR count). The fraction of sp³-hybridized carbons (Fsp3) is 0.0750. The Morgan fingerprint density at radius 3 is 2.19 bits per heavy atom. The molecule has 206 valence electrons. The van der Waals surface area contributed by atoms with Crippen molar-refractivity contribution in [3.63, 3.8) is 0 Å². The average Bonchev–Trinajstić information content (AvgIpc) is 3.39. The van der Waals surface area contributed by atoms with Crippen molar-refractivity contribution in [1.82, 2.24) is 14.5 Å². The van der Waals surface area contributed by atoms with Crippen LogP contribution < -0.4 is 0 Å². The predicted octanol–water partition coefficient (Wildman–Crippen LogP) is 9.89. The van der Waals surface area contributed by atoms with Crippen LogP contribution in [0.1, 0.15) is 22.9 Å². The summed E-state index contributed by atoms with van der Waals surface area (Å²) in [6, 6.07) is 44.2. The SMILES string of the molecule is Cc1cc(C2C=CC(c3ccc4c5ccc6cc(-c7ccccc7)ccc6c5n(-c5ccccc5)c4c3)=CN2C)ccn1. The maximum absolute atomic E-state index is 4.38. The first-order valence-electron chi connectivity index (χ1n) is 14.8. The molecule has 0 N–H and O–H groups in total. The minimum Gasteiger partial charge on any atom is -0.369 e. The number of benzene rings is 5. The summed E-state index contributed by atoms with van der Waals surface area (Å²) in [6.45, 7) is 2.05. The number of aromatic nitrogens is 2. The molecular formula is C40H31N3. The van der Waals surface area contributed by atoms with Gasteiger partial charge in [-0.3, -0.25) is 4.98 Å². The maximum atomic E-state index is 4.38. The van der Waals surface area contributed by atoms with Gasteiger partial charge in [-0.15, -0.1) is 0 Å². The lowest BCUT2D eigenvalue weighted by molar-refractivity contribution is 0.391. The first-order chi connectivity index (χ1) is 21.1. The summed E-state index contributed by atoms with van der Waals surface area (Å²) in [5.41, 5.74) is 10.8. The predicted molar refractivity (Wildman–Crippen MR) is 180 cm³/mol. The molecule has 0 aliphatic carbocycles. The van der Waals surface area contributed by atoms with E-state index in [4.69, 9.17) is 0 Å². The zero-order valence-electron chi connectivity index (χ0n) is 24.3. The average molecular weight is 554 g/mol. The highest BCUT2D eigenvalue weighted by Gasteiger charge is 2.19. The van der Waals surface area contributed by atoms with Gasteiger partial charge in [-0.2, -0.15) is 0 Å². The third-order valence-electron chi connectivity index (χ3n) is 8.70. The Kier molecular flexibility index (Phi) is 5.97. The Balaban J connectivity index is 1.30. The van der Waals surface area contributed by atoms with Gasteiger partial charge in [-0.05, 0) is 76.5 Å². The molecule has 1 unspecified atom stereocenters. The Hall–Kier alpha value is -5.41. The second kappa shape index (κ2) is 10.1. The van der Waals surface area contributed by atoms with Gasteiger partial charge in [0, 0.05) is 47.0 Å². The van der Waals surface area contributed by atoms with Gasteiger partial charge < -0.3 is 9.47 Å². The van der Waals surface area contributed by atoms with Gasteiger partial charge >= 0.3 is 0 Å². The smallest absolute Gasteiger partial charge is 0.0722 e. The topological polar surface area (TPSA) is 21.1 Å². The molecule has 1 aliphatic heterocycles. The minimum atomic E-state index is 0.192. The van der Waals surface area contributed by atoms with Crippen LogP contribution in [-0.4, -0.2) is 21.5 Å². The molecule has 43 heavy (non-hydrogen) atoms. The molecule has 0 saturated carbocycles. The van der Waals surface area contributed by atoms with E-state index >= 15 is 0 Å². The van der Waals surface area contributed by atoms with Crippen molar-refractivity contribution in [2.45, 2.75) is 13.0 Å². The minimum absolute atomic E-state index is 0.192. The van der Waals surface area contributed by atoms with Gasteiger partial charge in [0.15, 0.2) is 0 Å². The van der Waals surface area contributed by atoms with Crippen LogP contribution in [0.3, 0.4) is 0 Å². The fourth-order valence-electron chi connectivity index (χ4n) is 6.61. The first-order valence-corrected chi connectivity index (χ1v) is 14.8. The van der Waals surface area contributed by atoms with E-state index in [1.54, 1.807) is 0 Å². The molecule has 2 aromatic heterocycles. The van der Waals surface area contributed by atoms with Crippen LogP contribution in [0.4, 0.5) is 0 Å². The number of fused-ring (bicyclic) bond motifs is 5.